The van der Waals surface area contributed by atoms with Gasteiger partial charge in [0.05, 0.1) is 8.80 Å². The average Bonchev–Trinajstić information content (AvgIpc) is 2.71. The fourth-order valence-electron chi connectivity index (χ4n) is 10.8. The van der Waals surface area contributed by atoms with E-state index in [-0.39, 0.29) is 168 Å². The Labute approximate surface area is 653 Å². The molecule has 0 saturated heterocycles. The minimum Gasteiger partial charge on any atom is -0.0750 e. The van der Waals surface area contributed by atoms with E-state index in [2.05, 4.69) is 279 Å². The molecule has 1 rings (SSSR count). The zero-order valence-corrected chi connectivity index (χ0v) is 110. The predicted molar refractivity (Wildman–Crippen MR) is 565 cm³/mol. The van der Waals surface area contributed by atoms with Crippen molar-refractivity contribution in [1.29, 1.82) is 0 Å². The summed E-state index contributed by atoms with van der Waals surface area (Å²) in [7, 11) is 1.87. The Bertz CT molecular complexity index is 1340. The third kappa shape index (κ3) is 156. The van der Waals surface area contributed by atoms with Crippen LogP contribution in [0, 0.1) is 0 Å². The molecule has 1 aromatic carbocycles. The van der Waals surface area contributed by atoms with Gasteiger partial charge in [-0.2, -0.15) is 0 Å². The lowest BCUT2D eigenvalue weighted by molar-refractivity contribution is 1.35. The predicted octanol–water partition coefficient (Wildman–Crippen LogP) is 11.6. The van der Waals surface area contributed by atoms with Gasteiger partial charge in [-0.3, -0.25) is 0 Å². The van der Waals surface area contributed by atoms with Crippen LogP contribution in [0.25, 0.3) is 0 Å². The van der Waals surface area contributed by atoms with Crippen molar-refractivity contribution in [2.75, 3.05) is 0 Å². The lowest BCUT2D eigenvalue weighted by Gasteiger charge is -2.17. The second-order valence-corrected chi connectivity index (χ2v) is 128. The molecule has 0 aliphatic rings. The fraction of sp³-hybridized carbons (Fsp3) is 0.908. The standard InChI is InChI=1S/C13H28Si4.C9H28Si4.C7H24Si4.C6H18Si2.3C5H16Si2.3C4H14Si2.C3H12Si2/c1-15(2)10-14-11-17(12-16(3)4)13-8-6-5-7-9-13;1-10(2)7-12(5)9-13(6)8-11(3)4;1-10(2)6-8-5-9-7-11(3)4;1-7(2)5-6-8(3)4;1-6(2)5-7(3)4;2*1-6-4-5-7(2)3;2*1-5-4-6(2)3;1-6(2)4-3-5;1-5(2)3-4/h5-9,15-17H,10-12,14H2,1-4H3;10-13H,7-9H2,1-6H3;10-11H,5-9H2,1-4H3;7-8H,5-6H2,1-4H3;6-7H,5H2,1-4H3;2*7H,4-6H2,1-3H3;2*6H,4-5H2,1-3H3;6H,3-4H2,1-2,5H3;5H,3H2,1-2,4H3. The van der Waals surface area contributed by atoms with Crippen LogP contribution >= 0.6 is 0 Å². The highest BCUT2D eigenvalue weighted by Gasteiger charge is 2.16. The van der Waals surface area contributed by atoms with Crippen LogP contribution in [0.3, 0.4) is 0 Å². The highest BCUT2D eigenvalue weighted by molar-refractivity contribution is 6.90. The molecule has 0 radical (unpaired) electrons. The van der Waals surface area contributed by atoms with E-state index in [9.17, 15) is 0 Å². The Morgan fingerprint density at radius 3 is 0.742 bits per heavy atom. The summed E-state index contributed by atoms with van der Waals surface area (Å²) in [6, 6.07) is 24.2. The Morgan fingerprint density at radius 1 is 0.269 bits per heavy atom. The summed E-state index contributed by atoms with van der Waals surface area (Å²) in [5.74, 6) is 0. The zero-order chi connectivity index (χ0) is 74.9. The Morgan fingerprint density at radius 2 is 0.559 bits per heavy atom. The van der Waals surface area contributed by atoms with E-state index in [0.29, 0.717) is 57.1 Å². The first-order valence-corrected chi connectivity index (χ1v) is 118. The molecule has 3 atom stereocenters. The van der Waals surface area contributed by atoms with Gasteiger partial charge in [-0.15, -0.1) is 0 Å². The third-order valence-corrected chi connectivity index (χ3v) is 113. The SMILES string of the molecule is C[SiH2]CC[SiH](C)C.C[SiH2]CC[SiH](C)C.C[SiH2]C[SiH](C)C.C[SiH2]C[SiH](C)C.C[SiH](C)CC[SiH3].C[SiH](C)CC[SiH](C)C.C[SiH](C)C[SiH2]C[SiH2]C[SiH](C)C.C[SiH](C)C[SiH2]C[SiH](C[SiH](C)C)c1ccccc1.C[SiH](C)C[SiH3].C[SiH](C)C[SiH](C)C.C[SiH](C)C[SiH](C)C[SiH](C)C[SiH](C)C. The molecule has 0 N–H and O–H groups in total. The van der Waals surface area contributed by atoms with Gasteiger partial charge in [-0.25, -0.2) is 0 Å². The molecule has 0 aliphatic carbocycles. The first-order chi connectivity index (χ1) is 43.0. The van der Waals surface area contributed by atoms with Gasteiger partial charge >= 0.3 is 0 Å². The van der Waals surface area contributed by atoms with Crippen LogP contribution in [0.4, 0.5) is 0 Å². The van der Waals surface area contributed by atoms with E-state index in [4.69, 9.17) is 0 Å². The number of hydrogen-bond donors (Lipinski definition) is 0. The van der Waals surface area contributed by atoms with Crippen LogP contribution in [0.5, 0.6) is 0 Å². The number of hydrogen-bond acceptors (Lipinski definition) is 0. The summed E-state index contributed by atoms with van der Waals surface area (Å²) < 4.78 is 0. The summed E-state index contributed by atoms with van der Waals surface area (Å²) >= 11 is 0. The summed E-state index contributed by atoms with van der Waals surface area (Å²) in [4.78, 5) is 0. The van der Waals surface area contributed by atoms with Crippen molar-refractivity contribution in [1.82, 2.24) is 0 Å². The molecule has 0 nitrogen and oxygen atoms in total. The minimum atomic E-state index is -0.563. The van der Waals surface area contributed by atoms with Gasteiger partial charge in [-0.05, 0) is 10.2 Å². The number of rotatable bonds is 37. The molecule has 1 aromatic rings. The van der Waals surface area contributed by atoms with Crippen LogP contribution < -0.4 is 5.19 Å². The van der Waals surface area contributed by atoms with E-state index in [1.807, 2.05) is 0 Å². The highest BCUT2D eigenvalue weighted by Crippen LogP contribution is 2.11. The summed E-state index contributed by atoms with van der Waals surface area (Å²) in [6.07, 6.45) is 0. The van der Waals surface area contributed by atoms with E-state index >= 15 is 0 Å². The van der Waals surface area contributed by atoms with E-state index in [1.54, 1.807) is 121 Å². The highest BCUT2D eigenvalue weighted by atomic mass is 28.4. The maximum Gasteiger partial charge on any atom is 0.0649 e. The molecular weight excluding hydrogens is 1570 g/mol. The molecule has 0 spiro atoms. The molecule has 3 unspecified atom stereocenters. The Balaban J connectivity index is -0.000000104. The van der Waals surface area contributed by atoms with Gasteiger partial charge in [-0.1, -0.05) is 406 Å². The van der Waals surface area contributed by atoms with E-state index in [0.717, 1.165) is 0 Å². The normalized spacial score (nSPS) is 12.9. The quantitative estimate of drug-likeness (QED) is 0.0460. The van der Waals surface area contributed by atoms with Crippen molar-refractivity contribution >= 4 is 259 Å². The monoisotopic (exact) mass is 1760 g/mol. The van der Waals surface area contributed by atoms with Crippen molar-refractivity contribution < 1.29 is 0 Å². The molecule has 0 aromatic heterocycles. The largest absolute Gasteiger partial charge is 0.0750 e. The van der Waals surface area contributed by atoms with Crippen molar-refractivity contribution in [2.45, 2.75) is 371 Å². The lowest BCUT2D eigenvalue weighted by atomic mass is 10.4. The van der Waals surface area contributed by atoms with Crippen LogP contribution in [0.15, 0.2) is 30.3 Å². The molecule has 0 bridgehead atoms. The zero-order valence-electron chi connectivity index (χ0n) is 74.2. The van der Waals surface area contributed by atoms with Gasteiger partial charge in [0, 0.05) is 235 Å². The molecule has 572 valence electrons. The van der Waals surface area contributed by atoms with Crippen molar-refractivity contribution in [3.05, 3.63) is 30.3 Å². The molecule has 93 heavy (non-hydrogen) atoms. The molecule has 0 fully saturated rings. The van der Waals surface area contributed by atoms with Crippen molar-refractivity contribution in [2.24, 2.45) is 0 Å². The molecule has 0 aliphatic heterocycles. The van der Waals surface area contributed by atoms with E-state index in [1.165, 1.54) is 26.5 Å². The maximum atomic E-state index is 2.62. The third-order valence-electron chi connectivity index (χ3n) is 15.9. The lowest BCUT2D eigenvalue weighted by Crippen LogP contribution is -2.35. The Kier molecular flexibility index (Phi) is 120. The molecule has 0 amide bonds. The summed E-state index contributed by atoms with van der Waals surface area (Å²) in [5.41, 5.74) is 22.0. The van der Waals surface area contributed by atoms with Crippen LogP contribution in [0.2, 0.25) is 371 Å². The summed E-state index contributed by atoms with van der Waals surface area (Å²) in [6.45, 7) is 93.6. The number of benzene rings is 1. The van der Waals surface area contributed by atoms with Gasteiger partial charge in [0.2, 0.25) is 0 Å². The first-order valence-electron chi connectivity index (χ1n) is 42.1. The molecule has 0 heterocycles. The molecule has 0 saturated carbocycles. The van der Waals surface area contributed by atoms with Crippen molar-refractivity contribution in [3.63, 3.8) is 0 Å². The van der Waals surface area contributed by atoms with Crippen molar-refractivity contribution in [3.8, 4) is 0 Å². The van der Waals surface area contributed by atoms with Crippen LogP contribution in [-0.4, -0.2) is 254 Å². The second kappa shape index (κ2) is 93.4. The van der Waals surface area contributed by atoms with Gasteiger partial charge in [0.1, 0.15) is 0 Å². The summed E-state index contributed by atoms with van der Waals surface area (Å²) in [5, 5.41) is 1.76. The Hall–Kier alpha value is 5.29. The molecular formula is C65H200Si28. The van der Waals surface area contributed by atoms with Crippen LogP contribution in [-0.2, 0) is 0 Å². The minimum absolute atomic E-state index is 0.0880. The van der Waals surface area contributed by atoms with Gasteiger partial charge < -0.3 is 0 Å². The van der Waals surface area contributed by atoms with Crippen LogP contribution in [0.1, 0.15) is 0 Å². The average molecular weight is 1770 g/mol. The first kappa shape index (κ1) is 119. The smallest absolute Gasteiger partial charge is 0.0649 e. The second-order valence-electron chi connectivity index (χ2n) is 36.0. The molecule has 28 heteroatoms. The van der Waals surface area contributed by atoms with E-state index < -0.39 is 8.80 Å². The van der Waals surface area contributed by atoms with Gasteiger partial charge in [0.25, 0.3) is 0 Å². The fourth-order valence-corrected chi connectivity index (χ4v) is 105. The van der Waals surface area contributed by atoms with Gasteiger partial charge in [0.15, 0.2) is 0 Å². The topological polar surface area (TPSA) is 0 Å². The maximum absolute atomic E-state index is 2.62.